The minimum absolute atomic E-state index is 0.115. The molecule has 0 atom stereocenters. The van der Waals surface area contributed by atoms with E-state index in [1.807, 2.05) is 0 Å². The molecular formula is C14H22BrN5O. The Morgan fingerprint density at radius 1 is 1.48 bits per heavy atom. The highest BCUT2D eigenvalue weighted by Gasteiger charge is 2.26. The molecule has 1 aromatic rings. The van der Waals surface area contributed by atoms with Gasteiger partial charge < -0.3 is 15.5 Å². The summed E-state index contributed by atoms with van der Waals surface area (Å²) >= 11 is 3.52. The maximum absolute atomic E-state index is 11.7. The van der Waals surface area contributed by atoms with Crippen molar-refractivity contribution in [3.63, 3.8) is 0 Å². The summed E-state index contributed by atoms with van der Waals surface area (Å²) in [5, 5.41) is 5.93. The zero-order valence-corrected chi connectivity index (χ0v) is 14.1. The van der Waals surface area contributed by atoms with Crippen LogP contribution in [0.3, 0.4) is 0 Å². The maximum atomic E-state index is 11.7. The van der Waals surface area contributed by atoms with Gasteiger partial charge >= 0.3 is 0 Å². The first-order valence-electron chi connectivity index (χ1n) is 7.38. The highest BCUT2D eigenvalue weighted by molar-refractivity contribution is 9.10. The molecule has 2 rings (SSSR count). The number of carbonyl (C=O) groups is 1. The van der Waals surface area contributed by atoms with E-state index in [1.54, 1.807) is 13.2 Å². The van der Waals surface area contributed by atoms with Gasteiger partial charge in [0.1, 0.15) is 5.82 Å². The second-order valence-corrected chi connectivity index (χ2v) is 6.02. The molecule has 0 saturated carbocycles. The molecule has 0 aliphatic carbocycles. The fourth-order valence-corrected chi connectivity index (χ4v) is 2.90. The first kappa shape index (κ1) is 16.0. The fraction of sp³-hybridized carbons (Fsp3) is 0.643. The van der Waals surface area contributed by atoms with Gasteiger partial charge in [0.05, 0.1) is 4.47 Å². The summed E-state index contributed by atoms with van der Waals surface area (Å²) in [6.07, 6.45) is 4.53. The van der Waals surface area contributed by atoms with Crippen molar-refractivity contribution in [3.8, 4) is 0 Å². The van der Waals surface area contributed by atoms with Crippen molar-refractivity contribution in [2.75, 3.05) is 36.9 Å². The number of aromatic nitrogens is 2. The lowest BCUT2D eigenvalue weighted by Gasteiger charge is -2.32. The third-order valence-corrected chi connectivity index (χ3v) is 4.23. The van der Waals surface area contributed by atoms with Crippen LogP contribution in [0.15, 0.2) is 10.7 Å². The predicted molar refractivity (Wildman–Crippen MR) is 87.5 cm³/mol. The maximum Gasteiger partial charge on any atom is 0.224 e. The lowest BCUT2D eigenvalue weighted by atomic mass is 9.96. The van der Waals surface area contributed by atoms with E-state index in [-0.39, 0.29) is 11.8 Å². The molecule has 7 heteroatoms. The van der Waals surface area contributed by atoms with Gasteiger partial charge in [0.15, 0.2) is 0 Å². The summed E-state index contributed by atoms with van der Waals surface area (Å²) in [4.78, 5) is 22.7. The van der Waals surface area contributed by atoms with E-state index in [9.17, 15) is 4.79 Å². The molecule has 1 aliphatic heterocycles. The van der Waals surface area contributed by atoms with Crippen LogP contribution in [0, 0.1) is 5.92 Å². The lowest BCUT2D eigenvalue weighted by molar-refractivity contribution is -0.125. The Balaban J connectivity index is 2.03. The fourth-order valence-electron chi connectivity index (χ4n) is 2.46. The molecule has 0 unspecified atom stereocenters. The van der Waals surface area contributed by atoms with Crippen molar-refractivity contribution in [1.29, 1.82) is 0 Å². The molecule has 0 aromatic carbocycles. The van der Waals surface area contributed by atoms with Crippen LogP contribution < -0.4 is 15.5 Å². The predicted octanol–water partition coefficient (Wildman–Crippen LogP) is 2.02. The van der Waals surface area contributed by atoms with E-state index in [4.69, 9.17) is 0 Å². The number of piperidine rings is 1. The van der Waals surface area contributed by atoms with Crippen molar-refractivity contribution in [1.82, 2.24) is 15.3 Å². The minimum Gasteiger partial charge on any atom is -0.359 e. The molecule has 0 spiro atoms. The zero-order chi connectivity index (χ0) is 15.2. The molecule has 1 saturated heterocycles. The second-order valence-electron chi connectivity index (χ2n) is 5.17. The van der Waals surface area contributed by atoms with Gasteiger partial charge in [-0.05, 0) is 35.2 Å². The van der Waals surface area contributed by atoms with Gasteiger partial charge in [-0.3, -0.25) is 4.79 Å². The number of carbonyl (C=O) groups excluding carboxylic acids is 1. The normalized spacial score (nSPS) is 15.9. The summed E-state index contributed by atoms with van der Waals surface area (Å²) in [6.45, 7) is 4.64. The van der Waals surface area contributed by atoms with Gasteiger partial charge in [-0.25, -0.2) is 4.98 Å². The summed E-state index contributed by atoms with van der Waals surface area (Å²) in [5.41, 5.74) is 0. The van der Waals surface area contributed by atoms with Crippen LogP contribution >= 0.6 is 15.9 Å². The van der Waals surface area contributed by atoms with Crippen molar-refractivity contribution in [3.05, 3.63) is 10.7 Å². The van der Waals surface area contributed by atoms with Crippen LogP contribution in [0.25, 0.3) is 0 Å². The van der Waals surface area contributed by atoms with Crippen molar-refractivity contribution < 1.29 is 4.79 Å². The van der Waals surface area contributed by atoms with E-state index in [2.05, 4.69) is 48.4 Å². The number of hydrogen-bond donors (Lipinski definition) is 2. The van der Waals surface area contributed by atoms with Crippen molar-refractivity contribution in [2.45, 2.75) is 26.2 Å². The first-order chi connectivity index (χ1) is 10.2. The van der Waals surface area contributed by atoms with Crippen LogP contribution in [0.1, 0.15) is 26.2 Å². The summed E-state index contributed by atoms with van der Waals surface area (Å²) in [7, 11) is 1.70. The molecule has 2 N–H and O–H groups in total. The van der Waals surface area contributed by atoms with Gasteiger partial charge in [-0.15, -0.1) is 0 Å². The molecule has 21 heavy (non-hydrogen) atoms. The molecule has 1 amide bonds. The molecule has 2 heterocycles. The number of nitrogens with zero attached hydrogens (tertiary/aromatic N) is 3. The highest BCUT2D eigenvalue weighted by Crippen LogP contribution is 2.28. The van der Waals surface area contributed by atoms with E-state index in [0.717, 1.165) is 49.2 Å². The number of halogens is 1. The van der Waals surface area contributed by atoms with Gasteiger partial charge in [-0.2, -0.15) is 4.98 Å². The average molecular weight is 356 g/mol. The second kappa shape index (κ2) is 7.59. The Hall–Kier alpha value is -1.37. The molecule has 1 aromatic heterocycles. The summed E-state index contributed by atoms with van der Waals surface area (Å²) in [6, 6.07) is 0. The summed E-state index contributed by atoms with van der Waals surface area (Å²) in [5.74, 6) is 1.81. The first-order valence-corrected chi connectivity index (χ1v) is 8.18. The van der Waals surface area contributed by atoms with E-state index in [1.165, 1.54) is 0 Å². The molecule has 1 aliphatic rings. The smallest absolute Gasteiger partial charge is 0.224 e. The molecule has 0 radical (unpaired) electrons. The lowest BCUT2D eigenvalue weighted by Crippen LogP contribution is -2.40. The van der Waals surface area contributed by atoms with Crippen LogP contribution in [0.4, 0.5) is 11.8 Å². The molecule has 6 nitrogen and oxygen atoms in total. The Morgan fingerprint density at radius 3 is 2.81 bits per heavy atom. The number of anilines is 2. The molecule has 116 valence electrons. The topological polar surface area (TPSA) is 70.2 Å². The van der Waals surface area contributed by atoms with Gasteiger partial charge in [0.25, 0.3) is 0 Å². The molecule has 1 fully saturated rings. The van der Waals surface area contributed by atoms with Crippen LogP contribution in [-0.2, 0) is 4.79 Å². The Bertz CT molecular complexity index is 488. The molecule has 0 bridgehead atoms. The van der Waals surface area contributed by atoms with Crippen LogP contribution in [-0.4, -0.2) is 42.6 Å². The Labute approximate surface area is 133 Å². The number of nitrogens with one attached hydrogen (secondary N) is 2. The van der Waals surface area contributed by atoms with Crippen LogP contribution in [0.2, 0.25) is 0 Å². The third kappa shape index (κ3) is 4.06. The number of hydrogen-bond acceptors (Lipinski definition) is 5. The Morgan fingerprint density at radius 2 is 2.19 bits per heavy atom. The quantitative estimate of drug-likeness (QED) is 0.845. The standard InChI is InChI=1S/C14H22BrN5O/c1-3-6-17-14-18-9-11(15)12(19-14)20-7-4-10(5-8-20)13(21)16-2/h9-10H,3-8H2,1-2H3,(H,16,21)(H,17,18,19). The van der Waals surface area contributed by atoms with Gasteiger partial charge in [0.2, 0.25) is 11.9 Å². The van der Waals surface area contributed by atoms with Gasteiger partial charge in [-0.1, -0.05) is 6.92 Å². The Kier molecular flexibility index (Phi) is 5.78. The number of rotatable bonds is 5. The largest absolute Gasteiger partial charge is 0.359 e. The third-order valence-electron chi connectivity index (χ3n) is 3.67. The van der Waals surface area contributed by atoms with E-state index < -0.39 is 0 Å². The zero-order valence-electron chi connectivity index (χ0n) is 12.5. The van der Waals surface area contributed by atoms with Gasteiger partial charge in [0, 0.05) is 38.8 Å². The van der Waals surface area contributed by atoms with Crippen LogP contribution in [0.5, 0.6) is 0 Å². The molecular weight excluding hydrogens is 334 g/mol. The number of amides is 1. The monoisotopic (exact) mass is 355 g/mol. The van der Waals surface area contributed by atoms with Crippen molar-refractivity contribution >= 4 is 33.6 Å². The minimum atomic E-state index is 0.115. The van der Waals surface area contributed by atoms with E-state index >= 15 is 0 Å². The SMILES string of the molecule is CCCNc1ncc(Br)c(N2CCC(C(=O)NC)CC2)n1. The average Bonchev–Trinajstić information content (AvgIpc) is 2.53. The van der Waals surface area contributed by atoms with Crippen molar-refractivity contribution in [2.24, 2.45) is 5.92 Å². The van der Waals surface area contributed by atoms with E-state index in [0.29, 0.717) is 5.95 Å². The summed E-state index contributed by atoms with van der Waals surface area (Å²) < 4.78 is 0.892. The highest BCUT2D eigenvalue weighted by atomic mass is 79.9.